The second kappa shape index (κ2) is 5.79. The molecule has 0 aliphatic rings. The number of rotatable bonds is 3. The molecular formula is C15H17BrFN3. The summed E-state index contributed by atoms with van der Waals surface area (Å²) in [5.74, 6) is 0.590. The quantitative estimate of drug-likeness (QED) is 0.886. The number of aryl methyl sites for hydroxylation is 2. The molecule has 106 valence electrons. The monoisotopic (exact) mass is 337 g/mol. The zero-order valence-corrected chi connectivity index (χ0v) is 13.3. The van der Waals surface area contributed by atoms with E-state index in [1.807, 2.05) is 19.1 Å². The maximum absolute atomic E-state index is 13.6. The summed E-state index contributed by atoms with van der Waals surface area (Å²) < 4.78 is 14.4. The van der Waals surface area contributed by atoms with Gasteiger partial charge in [-0.1, -0.05) is 12.1 Å². The van der Waals surface area contributed by atoms with E-state index in [0.717, 1.165) is 21.4 Å². The number of nitrogens with two attached hydrogens (primary N) is 1. The van der Waals surface area contributed by atoms with Crippen molar-refractivity contribution in [2.75, 3.05) is 11.1 Å². The van der Waals surface area contributed by atoms with Gasteiger partial charge in [0, 0.05) is 6.54 Å². The Morgan fingerprint density at radius 2 is 1.85 bits per heavy atom. The number of aromatic nitrogens is 1. The summed E-state index contributed by atoms with van der Waals surface area (Å²) in [7, 11) is 0. The van der Waals surface area contributed by atoms with Crippen molar-refractivity contribution in [2.45, 2.75) is 27.3 Å². The van der Waals surface area contributed by atoms with Crippen molar-refractivity contribution >= 4 is 27.4 Å². The van der Waals surface area contributed by atoms with Gasteiger partial charge in [-0.2, -0.15) is 0 Å². The van der Waals surface area contributed by atoms with Crippen LogP contribution in [0.4, 0.5) is 15.9 Å². The van der Waals surface area contributed by atoms with E-state index in [1.54, 1.807) is 20.0 Å². The van der Waals surface area contributed by atoms with E-state index in [1.165, 1.54) is 0 Å². The fourth-order valence-electron chi connectivity index (χ4n) is 2.04. The first-order chi connectivity index (χ1) is 9.40. The number of nitrogens with one attached hydrogen (secondary N) is 1. The lowest BCUT2D eigenvalue weighted by Crippen LogP contribution is -2.05. The number of nitrogens with zero attached hydrogens (tertiary/aromatic N) is 1. The molecule has 0 spiro atoms. The van der Waals surface area contributed by atoms with Gasteiger partial charge < -0.3 is 11.1 Å². The fraction of sp³-hybridized carbons (Fsp3) is 0.267. The average molecular weight is 338 g/mol. The van der Waals surface area contributed by atoms with E-state index in [-0.39, 0.29) is 5.82 Å². The Hall–Kier alpha value is -1.62. The van der Waals surface area contributed by atoms with Gasteiger partial charge >= 0.3 is 0 Å². The van der Waals surface area contributed by atoms with E-state index >= 15 is 0 Å². The number of nitrogen functional groups attached to an aromatic ring is 1. The van der Waals surface area contributed by atoms with E-state index < -0.39 is 0 Å². The highest BCUT2D eigenvalue weighted by Gasteiger charge is 2.08. The van der Waals surface area contributed by atoms with Crippen LogP contribution >= 0.6 is 15.9 Å². The molecule has 0 aliphatic carbocycles. The van der Waals surface area contributed by atoms with Crippen LogP contribution in [0.1, 0.15) is 22.3 Å². The largest absolute Gasteiger partial charge is 0.397 e. The maximum Gasteiger partial charge on any atom is 0.140 e. The molecule has 0 radical (unpaired) electrons. The minimum absolute atomic E-state index is 0.142. The van der Waals surface area contributed by atoms with Crippen molar-refractivity contribution in [3.8, 4) is 0 Å². The molecule has 2 aromatic rings. The van der Waals surface area contributed by atoms with Crippen molar-refractivity contribution in [3.63, 3.8) is 0 Å². The lowest BCUT2D eigenvalue weighted by Gasteiger charge is -2.12. The van der Waals surface area contributed by atoms with Crippen molar-refractivity contribution < 1.29 is 4.39 Å². The first-order valence-corrected chi connectivity index (χ1v) is 7.09. The molecule has 0 amide bonds. The molecule has 20 heavy (non-hydrogen) atoms. The molecule has 1 heterocycles. The van der Waals surface area contributed by atoms with Crippen LogP contribution in [0, 0.1) is 26.6 Å². The van der Waals surface area contributed by atoms with E-state index in [0.29, 0.717) is 23.4 Å². The van der Waals surface area contributed by atoms with Crippen molar-refractivity contribution in [1.82, 2.24) is 4.98 Å². The zero-order chi connectivity index (χ0) is 14.9. The summed E-state index contributed by atoms with van der Waals surface area (Å²) in [5.41, 5.74) is 9.72. The van der Waals surface area contributed by atoms with Gasteiger partial charge in [0.15, 0.2) is 0 Å². The minimum Gasteiger partial charge on any atom is -0.397 e. The number of hydrogen-bond acceptors (Lipinski definition) is 3. The molecule has 0 aliphatic heterocycles. The molecule has 0 fully saturated rings. The van der Waals surface area contributed by atoms with Crippen molar-refractivity contribution in [2.24, 2.45) is 0 Å². The van der Waals surface area contributed by atoms with Crippen LogP contribution in [0.2, 0.25) is 0 Å². The SMILES string of the molecule is Cc1cc(CNc2ncc(N)c(C)c2Br)cc(C)c1F. The van der Waals surface area contributed by atoms with E-state index in [2.05, 4.69) is 26.2 Å². The average Bonchev–Trinajstić information content (AvgIpc) is 2.41. The second-order valence-electron chi connectivity index (χ2n) is 4.90. The second-order valence-corrected chi connectivity index (χ2v) is 5.69. The third-order valence-corrected chi connectivity index (χ3v) is 4.23. The van der Waals surface area contributed by atoms with E-state index in [4.69, 9.17) is 5.73 Å². The third-order valence-electron chi connectivity index (χ3n) is 3.26. The Balaban J connectivity index is 2.19. The van der Waals surface area contributed by atoms with Gasteiger partial charge in [0.1, 0.15) is 11.6 Å². The van der Waals surface area contributed by atoms with Crippen LogP contribution in [0.5, 0.6) is 0 Å². The van der Waals surface area contributed by atoms with E-state index in [9.17, 15) is 4.39 Å². The normalized spacial score (nSPS) is 10.7. The first-order valence-electron chi connectivity index (χ1n) is 6.30. The summed E-state index contributed by atoms with van der Waals surface area (Å²) in [6.45, 7) is 6.05. The van der Waals surface area contributed by atoms with Crippen LogP contribution in [0.25, 0.3) is 0 Å². The molecule has 0 saturated heterocycles. The highest BCUT2D eigenvalue weighted by Crippen LogP contribution is 2.28. The number of benzene rings is 1. The van der Waals surface area contributed by atoms with Crippen molar-refractivity contribution in [1.29, 1.82) is 0 Å². The van der Waals surface area contributed by atoms with Gasteiger partial charge in [-0.15, -0.1) is 0 Å². The summed E-state index contributed by atoms with van der Waals surface area (Å²) >= 11 is 3.48. The minimum atomic E-state index is -0.142. The Morgan fingerprint density at radius 3 is 2.45 bits per heavy atom. The van der Waals surface area contributed by atoms with Crippen LogP contribution in [0.15, 0.2) is 22.8 Å². The van der Waals surface area contributed by atoms with Crippen molar-refractivity contribution in [3.05, 3.63) is 50.9 Å². The predicted octanol–water partition coefficient (Wildman–Crippen LogP) is 4.10. The summed E-state index contributed by atoms with van der Waals surface area (Å²) in [6.07, 6.45) is 1.63. The zero-order valence-electron chi connectivity index (χ0n) is 11.7. The topological polar surface area (TPSA) is 50.9 Å². The van der Waals surface area contributed by atoms with Crippen LogP contribution in [-0.2, 0) is 6.54 Å². The molecule has 1 aromatic carbocycles. The maximum atomic E-state index is 13.6. The predicted molar refractivity (Wildman–Crippen MR) is 84.3 cm³/mol. The van der Waals surface area contributed by atoms with Crippen LogP contribution in [-0.4, -0.2) is 4.98 Å². The van der Waals surface area contributed by atoms with Gasteiger partial charge in [0.25, 0.3) is 0 Å². The molecular weight excluding hydrogens is 321 g/mol. The molecule has 0 bridgehead atoms. The molecule has 0 saturated carbocycles. The Labute approximate surface area is 126 Å². The van der Waals surface area contributed by atoms with Gasteiger partial charge in [-0.25, -0.2) is 9.37 Å². The summed E-state index contributed by atoms with van der Waals surface area (Å²) in [4.78, 5) is 4.26. The fourth-order valence-corrected chi connectivity index (χ4v) is 2.51. The van der Waals surface area contributed by atoms with Gasteiger partial charge in [-0.05, 0) is 59.0 Å². The standard InChI is InChI=1S/C15H17BrFN3/c1-8-4-11(5-9(2)14(8)17)6-19-15-13(16)10(3)12(18)7-20-15/h4-5,7H,6,18H2,1-3H3,(H,19,20). The van der Waals surface area contributed by atoms with Crippen LogP contribution < -0.4 is 11.1 Å². The number of anilines is 2. The van der Waals surface area contributed by atoms with Gasteiger partial charge in [0.05, 0.1) is 16.4 Å². The Morgan fingerprint density at radius 1 is 1.25 bits per heavy atom. The lowest BCUT2D eigenvalue weighted by atomic mass is 10.1. The molecule has 0 atom stereocenters. The highest BCUT2D eigenvalue weighted by molar-refractivity contribution is 9.10. The summed E-state index contributed by atoms with van der Waals surface area (Å²) in [6, 6.07) is 3.68. The Kier molecular flexibility index (Phi) is 4.28. The first kappa shape index (κ1) is 14.8. The number of pyridine rings is 1. The molecule has 0 unspecified atom stereocenters. The van der Waals surface area contributed by atoms with Gasteiger partial charge in [-0.3, -0.25) is 0 Å². The molecule has 1 aromatic heterocycles. The molecule has 2 rings (SSSR count). The smallest absolute Gasteiger partial charge is 0.140 e. The van der Waals surface area contributed by atoms with Crippen LogP contribution in [0.3, 0.4) is 0 Å². The highest BCUT2D eigenvalue weighted by atomic mass is 79.9. The molecule has 3 N–H and O–H groups in total. The Bertz CT molecular complexity index is 633. The molecule has 3 nitrogen and oxygen atoms in total. The van der Waals surface area contributed by atoms with Gasteiger partial charge in [0.2, 0.25) is 0 Å². The lowest BCUT2D eigenvalue weighted by molar-refractivity contribution is 0.608. The number of halogens is 2. The molecule has 5 heteroatoms. The number of hydrogen-bond donors (Lipinski definition) is 2. The third kappa shape index (κ3) is 2.93. The summed E-state index contributed by atoms with van der Waals surface area (Å²) in [5, 5.41) is 3.24.